The van der Waals surface area contributed by atoms with E-state index < -0.39 is 0 Å². The molecule has 16 heavy (non-hydrogen) atoms. The Hall–Kier alpha value is -0.570. The Labute approximate surface area is 107 Å². The van der Waals surface area contributed by atoms with E-state index >= 15 is 0 Å². The number of hydrogen-bond donors (Lipinski definition) is 1. The quantitative estimate of drug-likeness (QED) is 0.812. The van der Waals surface area contributed by atoms with Crippen molar-refractivity contribution >= 4 is 21.6 Å². The van der Waals surface area contributed by atoms with Gasteiger partial charge in [0.15, 0.2) is 0 Å². The van der Waals surface area contributed by atoms with Crippen molar-refractivity contribution in [2.24, 2.45) is 5.92 Å². The zero-order valence-corrected chi connectivity index (χ0v) is 12.1. The van der Waals surface area contributed by atoms with Crippen molar-refractivity contribution < 1.29 is 0 Å². The Morgan fingerprint density at radius 1 is 1.31 bits per heavy atom. The van der Waals surface area contributed by atoms with E-state index in [0.717, 1.165) is 16.2 Å². The SMILES string of the molecule is Cc1cc(NC(C)CCC(C)C)cnc1Br. The van der Waals surface area contributed by atoms with Gasteiger partial charge < -0.3 is 5.32 Å². The van der Waals surface area contributed by atoms with Crippen molar-refractivity contribution in [2.75, 3.05) is 5.32 Å². The van der Waals surface area contributed by atoms with Crippen LogP contribution in [0, 0.1) is 12.8 Å². The van der Waals surface area contributed by atoms with E-state index in [1.54, 1.807) is 0 Å². The Bertz CT molecular complexity index is 337. The minimum absolute atomic E-state index is 0.504. The van der Waals surface area contributed by atoms with Crippen LogP contribution in [-0.4, -0.2) is 11.0 Å². The molecule has 0 aromatic carbocycles. The van der Waals surface area contributed by atoms with E-state index in [4.69, 9.17) is 0 Å². The molecule has 1 N–H and O–H groups in total. The summed E-state index contributed by atoms with van der Waals surface area (Å²) in [6.45, 7) is 8.80. The van der Waals surface area contributed by atoms with Gasteiger partial charge in [-0.25, -0.2) is 4.98 Å². The van der Waals surface area contributed by atoms with Crippen LogP contribution in [0.3, 0.4) is 0 Å². The molecule has 1 atom stereocenters. The van der Waals surface area contributed by atoms with E-state index in [1.165, 1.54) is 18.4 Å². The van der Waals surface area contributed by atoms with Gasteiger partial charge in [-0.15, -0.1) is 0 Å². The number of aryl methyl sites for hydroxylation is 1. The van der Waals surface area contributed by atoms with Crippen LogP contribution in [0.5, 0.6) is 0 Å². The first-order valence-electron chi connectivity index (χ1n) is 5.87. The fraction of sp³-hybridized carbons (Fsp3) is 0.615. The third-order valence-electron chi connectivity index (χ3n) is 2.60. The summed E-state index contributed by atoms with van der Waals surface area (Å²) in [7, 11) is 0. The molecule has 1 rings (SSSR count). The van der Waals surface area contributed by atoms with Crippen molar-refractivity contribution in [3.05, 3.63) is 22.4 Å². The van der Waals surface area contributed by atoms with Crippen LogP contribution in [0.15, 0.2) is 16.9 Å². The number of rotatable bonds is 5. The van der Waals surface area contributed by atoms with Gasteiger partial charge >= 0.3 is 0 Å². The second kappa shape index (κ2) is 6.24. The summed E-state index contributed by atoms with van der Waals surface area (Å²) in [5, 5.41) is 3.48. The third kappa shape index (κ3) is 4.52. The Kier molecular flexibility index (Phi) is 5.26. The van der Waals surface area contributed by atoms with E-state index in [9.17, 15) is 0 Å². The van der Waals surface area contributed by atoms with Crippen LogP contribution in [0.4, 0.5) is 5.69 Å². The molecule has 0 amide bonds. The molecular weight excluding hydrogens is 264 g/mol. The number of anilines is 1. The van der Waals surface area contributed by atoms with Crippen LogP contribution in [0.25, 0.3) is 0 Å². The summed E-state index contributed by atoms with van der Waals surface area (Å²) in [6.07, 6.45) is 4.34. The van der Waals surface area contributed by atoms with Gasteiger partial charge in [-0.05, 0) is 60.2 Å². The number of halogens is 1. The highest BCUT2D eigenvalue weighted by Gasteiger charge is 2.05. The molecule has 0 spiro atoms. The minimum Gasteiger partial charge on any atom is -0.381 e. The van der Waals surface area contributed by atoms with Gasteiger partial charge in [-0.1, -0.05) is 13.8 Å². The first kappa shape index (κ1) is 13.5. The maximum Gasteiger partial charge on any atom is 0.109 e. The number of nitrogens with zero attached hydrogens (tertiary/aromatic N) is 1. The molecule has 90 valence electrons. The molecule has 0 fully saturated rings. The molecule has 0 aliphatic carbocycles. The van der Waals surface area contributed by atoms with Gasteiger partial charge in [-0.3, -0.25) is 0 Å². The second-order valence-corrected chi connectivity index (χ2v) is 5.60. The first-order chi connectivity index (χ1) is 7.49. The predicted octanol–water partition coefficient (Wildman–Crippen LogP) is 4.39. The van der Waals surface area contributed by atoms with Gasteiger partial charge in [0.2, 0.25) is 0 Å². The minimum atomic E-state index is 0.504. The lowest BCUT2D eigenvalue weighted by Gasteiger charge is -2.16. The molecule has 0 bridgehead atoms. The van der Waals surface area contributed by atoms with Crippen LogP contribution >= 0.6 is 15.9 Å². The molecule has 0 aliphatic heterocycles. The maximum absolute atomic E-state index is 4.28. The second-order valence-electron chi connectivity index (χ2n) is 4.85. The lowest BCUT2D eigenvalue weighted by molar-refractivity contribution is 0.527. The van der Waals surface area contributed by atoms with Crippen molar-refractivity contribution in [3.63, 3.8) is 0 Å². The Morgan fingerprint density at radius 3 is 2.56 bits per heavy atom. The van der Waals surface area contributed by atoms with Crippen molar-refractivity contribution in [1.82, 2.24) is 4.98 Å². The summed E-state index contributed by atoms with van der Waals surface area (Å²) >= 11 is 3.41. The maximum atomic E-state index is 4.28. The van der Waals surface area contributed by atoms with E-state index in [-0.39, 0.29) is 0 Å². The fourth-order valence-corrected chi connectivity index (χ4v) is 1.79. The number of pyridine rings is 1. The molecule has 0 saturated carbocycles. The molecule has 3 heteroatoms. The fourth-order valence-electron chi connectivity index (χ4n) is 1.58. The lowest BCUT2D eigenvalue weighted by Crippen LogP contribution is -2.16. The highest BCUT2D eigenvalue weighted by atomic mass is 79.9. The highest BCUT2D eigenvalue weighted by molar-refractivity contribution is 9.10. The molecule has 1 aromatic heterocycles. The average Bonchev–Trinajstić information content (AvgIpc) is 2.21. The standard InChI is InChI=1S/C13H21BrN2/c1-9(2)5-6-11(4)16-12-7-10(3)13(14)15-8-12/h7-9,11,16H,5-6H2,1-4H3. The molecular formula is C13H21BrN2. The van der Waals surface area contributed by atoms with Crippen molar-refractivity contribution in [3.8, 4) is 0 Å². The summed E-state index contributed by atoms with van der Waals surface area (Å²) in [5.74, 6) is 0.772. The number of hydrogen-bond acceptors (Lipinski definition) is 2. The van der Waals surface area contributed by atoms with Crippen molar-refractivity contribution in [1.29, 1.82) is 0 Å². The summed E-state index contributed by atoms with van der Waals surface area (Å²) in [6, 6.07) is 2.63. The summed E-state index contributed by atoms with van der Waals surface area (Å²) < 4.78 is 0.924. The largest absolute Gasteiger partial charge is 0.381 e. The third-order valence-corrected chi connectivity index (χ3v) is 3.43. The van der Waals surface area contributed by atoms with Crippen LogP contribution in [0.1, 0.15) is 39.2 Å². The monoisotopic (exact) mass is 284 g/mol. The Balaban J connectivity index is 2.49. The molecule has 0 radical (unpaired) electrons. The molecule has 1 aromatic rings. The van der Waals surface area contributed by atoms with Crippen LogP contribution in [0.2, 0.25) is 0 Å². The smallest absolute Gasteiger partial charge is 0.109 e. The van der Waals surface area contributed by atoms with E-state index in [2.05, 4.69) is 60.0 Å². The summed E-state index contributed by atoms with van der Waals surface area (Å²) in [5.41, 5.74) is 2.28. The van der Waals surface area contributed by atoms with E-state index in [0.29, 0.717) is 6.04 Å². The van der Waals surface area contributed by atoms with E-state index in [1.807, 2.05) is 6.20 Å². The molecule has 1 unspecified atom stereocenters. The summed E-state index contributed by atoms with van der Waals surface area (Å²) in [4.78, 5) is 4.28. The van der Waals surface area contributed by atoms with Crippen molar-refractivity contribution in [2.45, 2.75) is 46.6 Å². The topological polar surface area (TPSA) is 24.9 Å². The Morgan fingerprint density at radius 2 is 2.00 bits per heavy atom. The lowest BCUT2D eigenvalue weighted by atomic mass is 10.0. The molecule has 0 saturated heterocycles. The molecule has 0 aliphatic rings. The van der Waals surface area contributed by atoms with Gasteiger partial charge in [0.05, 0.1) is 11.9 Å². The van der Waals surface area contributed by atoms with Gasteiger partial charge in [0.1, 0.15) is 4.60 Å². The van der Waals surface area contributed by atoms with Crippen LogP contribution in [-0.2, 0) is 0 Å². The number of aromatic nitrogens is 1. The van der Waals surface area contributed by atoms with Gasteiger partial charge in [0.25, 0.3) is 0 Å². The van der Waals surface area contributed by atoms with Crippen LogP contribution < -0.4 is 5.32 Å². The molecule has 2 nitrogen and oxygen atoms in total. The highest BCUT2D eigenvalue weighted by Crippen LogP contribution is 2.18. The number of nitrogens with one attached hydrogen (secondary N) is 1. The van der Waals surface area contributed by atoms with Gasteiger partial charge in [0, 0.05) is 6.04 Å². The average molecular weight is 285 g/mol. The zero-order valence-electron chi connectivity index (χ0n) is 10.5. The normalized spacial score (nSPS) is 12.9. The predicted molar refractivity (Wildman–Crippen MR) is 73.8 cm³/mol. The first-order valence-corrected chi connectivity index (χ1v) is 6.67. The van der Waals surface area contributed by atoms with Gasteiger partial charge in [-0.2, -0.15) is 0 Å². The molecule has 1 heterocycles. The zero-order chi connectivity index (χ0) is 12.1.